The van der Waals surface area contributed by atoms with E-state index in [1.165, 1.54) is 24.3 Å². The van der Waals surface area contributed by atoms with Crippen molar-refractivity contribution in [1.82, 2.24) is 0 Å². The van der Waals surface area contributed by atoms with Gasteiger partial charge in [-0.05, 0) is 60.5 Å². The summed E-state index contributed by atoms with van der Waals surface area (Å²) in [6, 6.07) is 11.5. The molecule has 2 amide bonds. The summed E-state index contributed by atoms with van der Waals surface area (Å²) in [6.45, 7) is 2.61. The number of nitrogens with one attached hydrogen (secondary N) is 1. The predicted octanol–water partition coefficient (Wildman–Crippen LogP) is 4.29. The van der Waals surface area contributed by atoms with Crippen LogP contribution in [0.15, 0.2) is 52.7 Å². The lowest BCUT2D eigenvalue weighted by molar-refractivity contribution is -0.118. The zero-order chi connectivity index (χ0) is 25.3. The van der Waals surface area contributed by atoms with Crippen molar-refractivity contribution in [2.75, 3.05) is 22.5 Å². The Bertz CT molecular complexity index is 1450. The van der Waals surface area contributed by atoms with Crippen molar-refractivity contribution in [1.29, 1.82) is 0 Å². The van der Waals surface area contributed by atoms with Crippen LogP contribution in [0.2, 0.25) is 4.34 Å². The molecule has 182 valence electrons. The molecule has 0 saturated heterocycles. The van der Waals surface area contributed by atoms with Crippen molar-refractivity contribution in [3.63, 3.8) is 0 Å². The normalized spacial score (nSPS) is 13.6. The van der Waals surface area contributed by atoms with Gasteiger partial charge in [0.15, 0.2) is 15.6 Å². The van der Waals surface area contributed by atoms with Gasteiger partial charge in [-0.25, -0.2) is 17.7 Å². The number of sulfone groups is 1. The molecular formula is C24H20ClFN2O5S2. The van der Waals surface area contributed by atoms with Crippen molar-refractivity contribution in [3.05, 3.63) is 75.4 Å². The van der Waals surface area contributed by atoms with Crippen molar-refractivity contribution < 1.29 is 27.2 Å². The van der Waals surface area contributed by atoms with E-state index in [0.29, 0.717) is 17.7 Å². The number of carbonyl (C=O) groups excluding carboxylic acids is 3. The molecule has 1 aromatic heterocycles. The molecule has 0 aliphatic carbocycles. The minimum absolute atomic E-state index is 0.0163. The van der Waals surface area contributed by atoms with Gasteiger partial charge >= 0.3 is 0 Å². The third-order valence-electron chi connectivity index (χ3n) is 5.37. The number of imide groups is 1. The fourth-order valence-electron chi connectivity index (χ4n) is 3.85. The van der Waals surface area contributed by atoms with Gasteiger partial charge in [-0.1, -0.05) is 17.7 Å². The minimum atomic E-state index is -3.86. The highest BCUT2D eigenvalue weighted by atomic mass is 35.5. The molecule has 0 spiro atoms. The maximum absolute atomic E-state index is 15.0. The number of thiophene rings is 1. The molecule has 1 aliphatic heterocycles. The van der Waals surface area contributed by atoms with E-state index in [9.17, 15) is 27.2 Å². The van der Waals surface area contributed by atoms with Crippen molar-refractivity contribution in [3.8, 4) is 0 Å². The van der Waals surface area contributed by atoms with Gasteiger partial charge in [0, 0.05) is 24.2 Å². The van der Waals surface area contributed by atoms with Gasteiger partial charge in [0.1, 0.15) is 15.8 Å². The number of fused-ring (bicyclic) bond motifs is 1. The first-order valence-electron chi connectivity index (χ1n) is 10.6. The summed E-state index contributed by atoms with van der Waals surface area (Å²) in [4.78, 5) is 38.9. The van der Waals surface area contributed by atoms with Crippen molar-refractivity contribution in [2.45, 2.75) is 24.0 Å². The molecule has 0 bridgehead atoms. The fraction of sp³-hybridized carbons (Fsp3) is 0.208. The Morgan fingerprint density at radius 2 is 1.91 bits per heavy atom. The average Bonchev–Trinajstić information content (AvgIpc) is 3.22. The van der Waals surface area contributed by atoms with E-state index >= 15 is 0 Å². The number of ketones is 1. The summed E-state index contributed by atoms with van der Waals surface area (Å²) in [7, 11) is -3.86. The molecule has 3 aromatic rings. The first-order valence-corrected chi connectivity index (χ1v) is 13.5. The second kappa shape index (κ2) is 9.88. The highest BCUT2D eigenvalue weighted by Crippen LogP contribution is 2.30. The molecule has 2 aromatic carbocycles. The number of benzene rings is 2. The van der Waals surface area contributed by atoms with Crippen LogP contribution in [-0.2, 0) is 32.3 Å². The van der Waals surface area contributed by atoms with Crippen LogP contribution in [0.25, 0.3) is 0 Å². The van der Waals surface area contributed by atoms with Crippen LogP contribution in [-0.4, -0.2) is 38.3 Å². The lowest BCUT2D eigenvalue weighted by Crippen LogP contribution is -2.43. The molecular weight excluding hydrogens is 515 g/mol. The van der Waals surface area contributed by atoms with Crippen LogP contribution in [0.5, 0.6) is 0 Å². The van der Waals surface area contributed by atoms with Crippen LogP contribution in [0.1, 0.15) is 28.4 Å². The number of hydrogen-bond donors (Lipinski definition) is 1. The third kappa shape index (κ3) is 5.29. The van der Waals surface area contributed by atoms with Gasteiger partial charge < -0.3 is 5.32 Å². The largest absolute Gasteiger partial charge is 0.385 e. The fourth-order valence-corrected chi connectivity index (χ4v) is 6.66. The number of carbonyl (C=O) groups is 3. The van der Waals surface area contributed by atoms with E-state index in [-0.39, 0.29) is 32.6 Å². The third-order valence-corrected chi connectivity index (χ3v) is 8.86. The molecule has 2 heterocycles. The highest BCUT2D eigenvalue weighted by Gasteiger charge is 2.34. The molecule has 0 saturated carbocycles. The Morgan fingerprint density at radius 1 is 1.14 bits per heavy atom. The van der Waals surface area contributed by atoms with Crippen LogP contribution in [0.3, 0.4) is 0 Å². The summed E-state index contributed by atoms with van der Waals surface area (Å²) in [6.07, 6.45) is -0.391. The van der Waals surface area contributed by atoms with Gasteiger partial charge in [-0.3, -0.25) is 14.4 Å². The monoisotopic (exact) mass is 534 g/mol. The Labute approximate surface area is 210 Å². The Morgan fingerprint density at radius 3 is 2.57 bits per heavy atom. The first-order chi connectivity index (χ1) is 16.6. The van der Waals surface area contributed by atoms with E-state index < -0.39 is 39.0 Å². The Hall–Kier alpha value is -3.08. The number of hydrogen-bond acceptors (Lipinski definition) is 7. The van der Waals surface area contributed by atoms with Crippen molar-refractivity contribution in [2.24, 2.45) is 0 Å². The maximum Gasteiger partial charge on any atom is 0.265 e. The second-order valence-electron chi connectivity index (χ2n) is 7.93. The maximum atomic E-state index is 15.0. The lowest BCUT2D eigenvalue weighted by atomic mass is 9.96. The lowest BCUT2D eigenvalue weighted by Gasteiger charge is -2.27. The van der Waals surface area contributed by atoms with Gasteiger partial charge in [0.05, 0.1) is 16.4 Å². The standard InChI is InChI=1S/C24H20ClFN2O5S2/c1-2-27-16-4-5-18-15(11-16)12-22(30)28(24(18)31)20-6-3-14(10-19(20)26)9-17(29)13-35(32,33)23-8-7-21(25)34-23/h3-8,10-11,27H,2,9,12-13H2,1H3. The number of Topliss-reactive ketones (excluding diaryl/α,β-unsaturated/α-hetero) is 1. The Kier molecular flexibility index (Phi) is 7.07. The first kappa shape index (κ1) is 25.0. The van der Waals surface area contributed by atoms with E-state index in [0.717, 1.165) is 28.0 Å². The number of anilines is 2. The van der Waals surface area contributed by atoms with Crippen molar-refractivity contribution >= 4 is 61.7 Å². The minimum Gasteiger partial charge on any atom is -0.385 e. The van der Waals surface area contributed by atoms with Crippen LogP contribution in [0.4, 0.5) is 15.8 Å². The smallest absolute Gasteiger partial charge is 0.265 e. The van der Waals surface area contributed by atoms with Crippen LogP contribution >= 0.6 is 22.9 Å². The molecule has 1 aliphatic rings. The van der Waals surface area contributed by atoms with Gasteiger partial charge in [-0.15, -0.1) is 11.3 Å². The molecule has 0 fully saturated rings. The topological polar surface area (TPSA) is 101 Å². The Balaban J connectivity index is 1.51. The molecule has 0 radical (unpaired) electrons. The average molecular weight is 535 g/mol. The SMILES string of the molecule is CCNc1ccc2c(c1)CC(=O)N(c1ccc(CC(=O)CS(=O)(=O)c3ccc(Cl)s3)cc1F)C2=O. The highest BCUT2D eigenvalue weighted by molar-refractivity contribution is 7.94. The zero-order valence-corrected chi connectivity index (χ0v) is 20.9. The van der Waals surface area contributed by atoms with E-state index in [1.807, 2.05) is 6.92 Å². The summed E-state index contributed by atoms with van der Waals surface area (Å²) < 4.78 is 40.0. The molecule has 4 rings (SSSR count). The number of rotatable bonds is 8. The summed E-state index contributed by atoms with van der Waals surface area (Å²) in [5, 5.41) is 3.12. The molecule has 11 heteroatoms. The molecule has 0 unspecified atom stereocenters. The van der Waals surface area contributed by atoms with E-state index in [4.69, 9.17) is 11.6 Å². The summed E-state index contributed by atoms with van der Waals surface area (Å²) in [5.74, 6) is -3.45. The number of nitrogens with zero attached hydrogens (tertiary/aromatic N) is 1. The summed E-state index contributed by atoms with van der Waals surface area (Å²) >= 11 is 6.62. The molecule has 7 nitrogen and oxygen atoms in total. The molecule has 1 N–H and O–H groups in total. The van der Waals surface area contributed by atoms with Gasteiger partial charge in [0.25, 0.3) is 5.91 Å². The zero-order valence-electron chi connectivity index (χ0n) is 18.5. The van der Waals surface area contributed by atoms with E-state index in [2.05, 4.69) is 5.32 Å². The van der Waals surface area contributed by atoms with Gasteiger partial charge in [-0.2, -0.15) is 0 Å². The predicted molar refractivity (Wildman–Crippen MR) is 133 cm³/mol. The number of amides is 2. The summed E-state index contributed by atoms with van der Waals surface area (Å²) in [5.41, 5.74) is 1.65. The van der Waals surface area contributed by atoms with Crippen LogP contribution in [0, 0.1) is 5.82 Å². The number of halogens is 2. The quantitative estimate of drug-likeness (QED) is 0.433. The van der Waals surface area contributed by atoms with E-state index in [1.54, 1.807) is 18.2 Å². The second-order valence-corrected chi connectivity index (χ2v) is 11.9. The molecule has 35 heavy (non-hydrogen) atoms. The molecule has 0 atom stereocenters. The van der Waals surface area contributed by atoms with Crippen LogP contribution < -0.4 is 10.2 Å². The van der Waals surface area contributed by atoms with Gasteiger partial charge in [0.2, 0.25) is 5.91 Å².